The molecule has 1 amide bonds. The minimum atomic E-state index is -0.127. The van der Waals surface area contributed by atoms with Crippen LogP contribution in [0.4, 0.5) is 5.69 Å². The Hall–Kier alpha value is -3.97. The molecule has 0 spiro atoms. The number of nitrogens with one attached hydrogen (secondary N) is 2. The van der Waals surface area contributed by atoms with Gasteiger partial charge in [0.25, 0.3) is 0 Å². The second kappa shape index (κ2) is 10.6. The van der Waals surface area contributed by atoms with Crippen LogP contribution in [-0.2, 0) is 4.79 Å². The second-order valence-electron chi connectivity index (χ2n) is 9.49. The molecule has 6 nitrogen and oxygen atoms in total. The smallest absolute Gasteiger partial charge is 0.226 e. The van der Waals surface area contributed by atoms with Gasteiger partial charge in [-0.15, -0.1) is 0 Å². The molecule has 2 N–H and O–H groups in total. The zero-order valence-corrected chi connectivity index (χ0v) is 22.1. The highest BCUT2D eigenvalue weighted by Gasteiger charge is 2.41. The number of nitrogens with zero attached hydrogens (tertiary/aromatic N) is 3. The molecular formula is C30H31N5OS. The van der Waals surface area contributed by atoms with Crippen molar-refractivity contribution in [2.75, 3.05) is 11.9 Å². The van der Waals surface area contributed by atoms with Crippen LogP contribution in [0, 0.1) is 20.8 Å². The number of aryl methyl sites for hydroxylation is 2. The Balaban J connectivity index is 1.46. The van der Waals surface area contributed by atoms with Crippen molar-refractivity contribution in [2.45, 2.75) is 39.3 Å². The molecule has 5 rings (SSSR count). The Labute approximate surface area is 223 Å². The molecule has 37 heavy (non-hydrogen) atoms. The molecule has 2 atom stereocenters. The lowest BCUT2D eigenvalue weighted by molar-refractivity contribution is -0.116. The first kappa shape index (κ1) is 24.7. The third-order valence-corrected chi connectivity index (χ3v) is 7.24. The molecule has 1 aliphatic heterocycles. The molecule has 2 aromatic carbocycles. The van der Waals surface area contributed by atoms with Gasteiger partial charge in [-0.2, -0.15) is 0 Å². The summed E-state index contributed by atoms with van der Waals surface area (Å²) in [5.41, 5.74) is 7.42. The van der Waals surface area contributed by atoms with E-state index in [1.54, 1.807) is 0 Å². The van der Waals surface area contributed by atoms with Crippen molar-refractivity contribution in [1.82, 2.24) is 19.8 Å². The number of benzene rings is 2. The van der Waals surface area contributed by atoms with Crippen LogP contribution in [0.5, 0.6) is 0 Å². The van der Waals surface area contributed by atoms with Crippen LogP contribution in [0.2, 0.25) is 0 Å². The maximum atomic E-state index is 12.9. The normalized spacial score (nSPS) is 17.1. The lowest BCUT2D eigenvalue weighted by atomic mass is 9.96. The van der Waals surface area contributed by atoms with E-state index >= 15 is 0 Å². The standard InChI is InChI=1S/C30H31N5OS/c1-20-10-9-11-23(18-20)32-27(36)15-17-34-29(28(33-30(34)37)26-14-7-8-16-31-26)25-19-21(2)35(22(25)3)24-12-5-4-6-13-24/h4-14,16,18-19,28-29H,15,17H2,1-3H3,(H,32,36)(H,33,37)/t28-,29+/m1/s1. The van der Waals surface area contributed by atoms with Crippen LogP contribution < -0.4 is 10.6 Å². The summed E-state index contributed by atoms with van der Waals surface area (Å²) < 4.78 is 2.27. The Morgan fingerprint density at radius 2 is 1.78 bits per heavy atom. The molecule has 1 saturated heterocycles. The van der Waals surface area contributed by atoms with Crippen molar-refractivity contribution in [1.29, 1.82) is 0 Å². The molecule has 0 saturated carbocycles. The molecule has 3 heterocycles. The molecule has 0 radical (unpaired) electrons. The van der Waals surface area contributed by atoms with Gasteiger partial charge in [0.1, 0.15) is 0 Å². The first-order valence-electron chi connectivity index (χ1n) is 12.5. The highest BCUT2D eigenvalue weighted by Crippen LogP contribution is 2.41. The number of pyridine rings is 1. The monoisotopic (exact) mass is 509 g/mol. The lowest BCUT2D eigenvalue weighted by Crippen LogP contribution is -2.32. The lowest BCUT2D eigenvalue weighted by Gasteiger charge is -2.28. The predicted octanol–water partition coefficient (Wildman–Crippen LogP) is 5.80. The molecular weight excluding hydrogens is 478 g/mol. The fourth-order valence-electron chi connectivity index (χ4n) is 5.21. The zero-order chi connectivity index (χ0) is 25.9. The molecule has 0 bridgehead atoms. The summed E-state index contributed by atoms with van der Waals surface area (Å²) in [5, 5.41) is 7.15. The summed E-state index contributed by atoms with van der Waals surface area (Å²) in [6.45, 7) is 6.78. The van der Waals surface area contributed by atoms with Gasteiger partial charge < -0.3 is 20.1 Å². The minimum absolute atomic E-state index is 0.0387. The van der Waals surface area contributed by atoms with Crippen molar-refractivity contribution in [3.63, 3.8) is 0 Å². The van der Waals surface area contributed by atoms with E-state index in [0.29, 0.717) is 18.1 Å². The SMILES string of the molecule is Cc1cccc(NC(=O)CCN2C(=S)N[C@H](c3ccccn3)[C@@H]2c2cc(C)n(-c3ccccc3)c2C)c1. The summed E-state index contributed by atoms with van der Waals surface area (Å²) in [5.74, 6) is -0.0387. The van der Waals surface area contributed by atoms with Gasteiger partial charge in [-0.3, -0.25) is 9.78 Å². The maximum absolute atomic E-state index is 12.9. The minimum Gasteiger partial charge on any atom is -0.352 e. The summed E-state index contributed by atoms with van der Waals surface area (Å²) in [4.78, 5) is 19.7. The third-order valence-electron chi connectivity index (χ3n) is 6.88. The number of amides is 1. The van der Waals surface area contributed by atoms with Crippen molar-refractivity contribution in [3.05, 3.63) is 113 Å². The van der Waals surface area contributed by atoms with Gasteiger partial charge in [0.15, 0.2) is 5.11 Å². The van der Waals surface area contributed by atoms with Gasteiger partial charge in [-0.1, -0.05) is 36.4 Å². The summed E-state index contributed by atoms with van der Waals surface area (Å²) >= 11 is 5.82. The van der Waals surface area contributed by atoms with Gasteiger partial charge in [-0.05, 0) is 86.6 Å². The van der Waals surface area contributed by atoms with E-state index in [2.05, 4.69) is 69.3 Å². The van der Waals surface area contributed by atoms with Crippen LogP contribution in [0.1, 0.15) is 46.7 Å². The van der Waals surface area contributed by atoms with E-state index in [1.807, 2.05) is 61.7 Å². The van der Waals surface area contributed by atoms with E-state index in [-0.39, 0.29) is 18.0 Å². The fraction of sp³-hybridized carbons (Fsp3) is 0.233. The number of carbonyl (C=O) groups is 1. The Morgan fingerprint density at radius 3 is 2.51 bits per heavy atom. The number of anilines is 1. The highest BCUT2D eigenvalue weighted by molar-refractivity contribution is 7.80. The molecule has 7 heteroatoms. The number of hydrogen-bond donors (Lipinski definition) is 2. The number of carbonyl (C=O) groups excluding carboxylic acids is 1. The van der Waals surface area contributed by atoms with Gasteiger partial charge in [0.05, 0.1) is 17.8 Å². The highest BCUT2D eigenvalue weighted by atomic mass is 32.1. The Bertz CT molecular complexity index is 1420. The summed E-state index contributed by atoms with van der Waals surface area (Å²) in [7, 11) is 0. The van der Waals surface area contributed by atoms with Crippen LogP contribution in [0.15, 0.2) is 85.1 Å². The second-order valence-corrected chi connectivity index (χ2v) is 9.87. The van der Waals surface area contributed by atoms with E-state index in [1.165, 1.54) is 5.56 Å². The first-order valence-corrected chi connectivity index (χ1v) is 12.9. The van der Waals surface area contributed by atoms with Crippen molar-refractivity contribution in [2.24, 2.45) is 0 Å². The van der Waals surface area contributed by atoms with Crippen molar-refractivity contribution >= 4 is 28.9 Å². The number of rotatable bonds is 7. The number of aromatic nitrogens is 2. The molecule has 0 aliphatic carbocycles. The van der Waals surface area contributed by atoms with E-state index in [4.69, 9.17) is 12.2 Å². The first-order chi connectivity index (χ1) is 17.9. The molecule has 1 fully saturated rings. The maximum Gasteiger partial charge on any atom is 0.226 e. The molecule has 4 aromatic rings. The van der Waals surface area contributed by atoms with Crippen LogP contribution in [-0.4, -0.2) is 32.0 Å². The quantitative estimate of drug-likeness (QED) is 0.309. The molecule has 2 aromatic heterocycles. The van der Waals surface area contributed by atoms with Crippen LogP contribution >= 0.6 is 12.2 Å². The van der Waals surface area contributed by atoms with E-state index in [0.717, 1.165) is 34.0 Å². The molecule has 0 unspecified atom stereocenters. The van der Waals surface area contributed by atoms with Crippen molar-refractivity contribution < 1.29 is 4.79 Å². The summed E-state index contributed by atoms with van der Waals surface area (Å²) in [6.07, 6.45) is 2.13. The Morgan fingerprint density at radius 1 is 1.00 bits per heavy atom. The predicted molar refractivity (Wildman–Crippen MR) is 152 cm³/mol. The van der Waals surface area contributed by atoms with E-state index < -0.39 is 0 Å². The Kier molecular flexibility index (Phi) is 7.06. The number of hydrogen-bond acceptors (Lipinski definition) is 3. The summed E-state index contributed by atoms with van der Waals surface area (Å²) in [6, 6.07) is 26.1. The zero-order valence-electron chi connectivity index (χ0n) is 21.3. The van der Waals surface area contributed by atoms with Gasteiger partial charge in [0.2, 0.25) is 5.91 Å². The van der Waals surface area contributed by atoms with Gasteiger partial charge in [0, 0.05) is 41.9 Å². The van der Waals surface area contributed by atoms with Gasteiger partial charge >= 0.3 is 0 Å². The van der Waals surface area contributed by atoms with Crippen LogP contribution in [0.25, 0.3) is 5.69 Å². The van der Waals surface area contributed by atoms with Crippen molar-refractivity contribution in [3.8, 4) is 5.69 Å². The third kappa shape index (κ3) is 5.13. The van der Waals surface area contributed by atoms with Gasteiger partial charge in [-0.25, -0.2) is 0 Å². The largest absolute Gasteiger partial charge is 0.352 e. The number of thiocarbonyl (C=S) groups is 1. The average molecular weight is 510 g/mol. The average Bonchev–Trinajstić information content (AvgIpc) is 3.38. The molecule has 188 valence electrons. The van der Waals surface area contributed by atoms with E-state index in [9.17, 15) is 4.79 Å². The number of para-hydroxylation sites is 1. The fourth-order valence-corrected chi connectivity index (χ4v) is 5.55. The van der Waals surface area contributed by atoms with Crippen LogP contribution in [0.3, 0.4) is 0 Å². The topological polar surface area (TPSA) is 62.2 Å². The molecule has 1 aliphatic rings.